The van der Waals surface area contributed by atoms with Gasteiger partial charge in [-0.25, -0.2) is 4.79 Å². The minimum Gasteiger partial charge on any atom is -0.481 e. The first-order valence-electron chi connectivity index (χ1n) is 3.77. The summed E-state index contributed by atoms with van der Waals surface area (Å²) in [5.41, 5.74) is -1.42. The Balaban J connectivity index is 3.88. The number of carbonyl (C=O) groups is 2. The van der Waals surface area contributed by atoms with Crippen LogP contribution in [0.1, 0.15) is 13.3 Å². The number of amides is 2. The van der Waals surface area contributed by atoms with Crippen molar-refractivity contribution in [1.82, 2.24) is 10.6 Å². The lowest BCUT2D eigenvalue weighted by Crippen LogP contribution is -2.44. The van der Waals surface area contributed by atoms with Gasteiger partial charge >= 0.3 is 12.0 Å². The van der Waals surface area contributed by atoms with Crippen LogP contribution in [0.3, 0.4) is 0 Å². The van der Waals surface area contributed by atoms with Crippen molar-refractivity contribution in [1.29, 1.82) is 0 Å². The van der Waals surface area contributed by atoms with Crippen molar-refractivity contribution in [3.63, 3.8) is 0 Å². The Labute approximate surface area is 75.9 Å². The van der Waals surface area contributed by atoms with Gasteiger partial charge in [0.15, 0.2) is 0 Å². The average Bonchev–Trinajstić information content (AvgIpc) is 1.98. The van der Waals surface area contributed by atoms with Crippen molar-refractivity contribution in [3.8, 4) is 0 Å². The van der Waals surface area contributed by atoms with Gasteiger partial charge in [-0.1, -0.05) is 0 Å². The smallest absolute Gasteiger partial charge is 0.314 e. The zero-order chi connectivity index (χ0) is 10.5. The lowest BCUT2D eigenvalue weighted by molar-refractivity contribution is -0.141. The molecule has 0 aromatic heterocycles. The summed E-state index contributed by atoms with van der Waals surface area (Å²) < 4.78 is 0. The topological polar surface area (TPSA) is 98.7 Å². The van der Waals surface area contributed by atoms with E-state index in [0.29, 0.717) is 0 Å². The molecular weight excluding hydrogens is 176 g/mol. The van der Waals surface area contributed by atoms with E-state index in [4.69, 9.17) is 5.11 Å². The van der Waals surface area contributed by atoms with E-state index in [1.807, 2.05) is 0 Å². The van der Waals surface area contributed by atoms with Crippen molar-refractivity contribution in [2.45, 2.75) is 18.9 Å². The highest BCUT2D eigenvalue weighted by atomic mass is 16.4. The summed E-state index contributed by atoms with van der Waals surface area (Å²) >= 11 is 0. The van der Waals surface area contributed by atoms with E-state index in [0.717, 1.165) is 0 Å². The number of aliphatic carboxylic acids is 1. The van der Waals surface area contributed by atoms with Crippen molar-refractivity contribution >= 4 is 12.0 Å². The van der Waals surface area contributed by atoms with Gasteiger partial charge in [-0.15, -0.1) is 0 Å². The van der Waals surface area contributed by atoms with Gasteiger partial charge in [0.2, 0.25) is 0 Å². The predicted molar refractivity (Wildman–Crippen MR) is 45.3 cm³/mol. The van der Waals surface area contributed by atoms with E-state index >= 15 is 0 Å². The molecule has 0 saturated carbocycles. The molecule has 0 spiro atoms. The molecule has 0 aromatic rings. The zero-order valence-corrected chi connectivity index (χ0v) is 7.63. The van der Waals surface area contributed by atoms with E-state index in [-0.39, 0.29) is 6.54 Å². The number of rotatable bonds is 4. The normalized spacial score (nSPS) is 14.4. The molecule has 0 bridgehead atoms. The number of urea groups is 1. The molecule has 4 N–H and O–H groups in total. The molecule has 76 valence electrons. The average molecular weight is 190 g/mol. The van der Waals surface area contributed by atoms with E-state index in [1.165, 1.54) is 14.0 Å². The van der Waals surface area contributed by atoms with Crippen LogP contribution in [0.15, 0.2) is 0 Å². The van der Waals surface area contributed by atoms with Crippen LogP contribution in [0.2, 0.25) is 0 Å². The monoisotopic (exact) mass is 190 g/mol. The molecule has 2 amide bonds. The van der Waals surface area contributed by atoms with Crippen molar-refractivity contribution in [2.75, 3.05) is 13.6 Å². The minimum atomic E-state index is -1.42. The van der Waals surface area contributed by atoms with Crippen LogP contribution in [0, 0.1) is 0 Å². The fourth-order valence-electron chi connectivity index (χ4n) is 0.747. The minimum absolute atomic E-state index is 0.0982. The predicted octanol–water partition coefficient (Wildman–Crippen LogP) is -0.859. The maximum atomic E-state index is 10.7. The Morgan fingerprint density at radius 3 is 2.38 bits per heavy atom. The Morgan fingerprint density at radius 2 is 2.00 bits per heavy atom. The molecule has 1 atom stereocenters. The summed E-state index contributed by atoms with van der Waals surface area (Å²) in [6, 6.07) is -0.453. The summed E-state index contributed by atoms with van der Waals surface area (Å²) in [4.78, 5) is 20.9. The molecule has 0 aromatic carbocycles. The Bertz CT molecular complexity index is 203. The number of aliphatic hydroxyl groups is 1. The molecule has 0 heterocycles. The maximum Gasteiger partial charge on any atom is 0.314 e. The quantitative estimate of drug-likeness (QED) is 0.463. The van der Waals surface area contributed by atoms with E-state index in [1.54, 1.807) is 0 Å². The first kappa shape index (κ1) is 11.7. The van der Waals surface area contributed by atoms with Gasteiger partial charge in [0.05, 0.1) is 12.0 Å². The first-order chi connectivity index (χ1) is 5.87. The van der Waals surface area contributed by atoms with Gasteiger partial charge in [-0.2, -0.15) is 0 Å². The lowest BCUT2D eigenvalue weighted by atomic mass is 10.0. The third kappa shape index (κ3) is 5.92. The number of nitrogens with one attached hydrogen (secondary N) is 2. The first-order valence-corrected chi connectivity index (χ1v) is 3.77. The molecule has 0 saturated heterocycles. The Hall–Kier alpha value is -1.30. The van der Waals surface area contributed by atoms with Crippen molar-refractivity contribution < 1.29 is 19.8 Å². The van der Waals surface area contributed by atoms with Gasteiger partial charge in [0.25, 0.3) is 0 Å². The summed E-state index contributed by atoms with van der Waals surface area (Å²) in [6.07, 6.45) is -0.406. The van der Waals surface area contributed by atoms with Crippen LogP contribution in [0.25, 0.3) is 0 Å². The van der Waals surface area contributed by atoms with Gasteiger partial charge in [-0.3, -0.25) is 4.79 Å². The van der Waals surface area contributed by atoms with Crippen LogP contribution in [0.4, 0.5) is 4.79 Å². The van der Waals surface area contributed by atoms with Crippen LogP contribution in [0.5, 0.6) is 0 Å². The van der Waals surface area contributed by atoms with Gasteiger partial charge < -0.3 is 20.8 Å². The van der Waals surface area contributed by atoms with Gasteiger partial charge in [-0.05, 0) is 6.92 Å². The van der Waals surface area contributed by atoms with Crippen molar-refractivity contribution in [3.05, 3.63) is 0 Å². The second kappa shape index (κ2) is 4.66. The highest BCUT2D eigenvalue weighted by Gasteiger charge is 2.24. The summed E-state index contributed by atoms with van der Waals surface area (Å²) in [6.45, 7) is 1.25. The maximum absolute atomic E-state index is 10.7. The molecule has 0 aliphatic carbocycles. The Morgan fingerprint density at radius 1 is 1.46 bits per heavy atom. The van der Waals surface area contributed by atoms with Gasteiger partial charge in [0, 0.05) is 13.6 Å². The van der Waals surface area contributed by atoms with Crippen molar-refractivity contribution in [2.24, 2.45) is 0 Å². The zero-order valence-electron chi connectivity index (χ0n) is 7.63. The van der Waals surface area contributed by atoms with Crippen LogP contribution in [-0.4, -0.2) is 41.4 Å². The standard InChI is InChI=1S/C7H14N2O4/c1-7(13,3-5(10)11)4-9-6(12)8-2/h13H,3-4H2,1-2H3,(H,10,11)(H2,8,9,12). The molecule has 0 radical (unpaired) electrons. The van der Waals surface area contributed by atoms with Crippen LogP contribution in [-0.2, 0) is 4.79 Å². The number of carboxylic acid groups (broad SMARTS) is 1. The molecular formula is C7H14N2O4. The molecule has 0 aliphatic rings. The molecule has 0 fully saturated rings. The molecule has 0 rings (SSSR count). The summed E-state index contributed by atoms with van der Waals surface area (Å²) in [7, 11) is 1.43. The van der Waals surface area contributed by atoms with E-state index in [2.05, 4.69) is 10.6 Å². The highest BCUT2D eigenvalue weighted by molar-refractivity contribution is 5.73. The molecule has 1 unspecified atom stereocenters. The number of hydrogen-bond donors (Lipinski definition) is 4. The molecule has 13 heavy (non-hydrogen) atoms. The van der Waals surface area contributed by atoms with Crippen LogP contribution < -0.4 is 10.6 Å². The van der Waals surface area contributed by atoms with Crippen LogP contribution >= 0.6 is 0 Å². The van der Waals surface area contributed by atoms with Gasteiger partial charge in [0.1, 0.15) is 0 Å². The lowest BCUT2D eigenvalue weighted by Gasteiger charge is -2.21. The molecule has 6 nitrogen and oxygen atoms in total. The second-order valence-corrected chi connectivity index (χ2v) is 3.00. The molecule has 0 aliphatic heterocycles. The fraction of sp³-hybridized carbons (Fsp3) is 0.714. The number of carbonyl (C=O) groups excluding carboxylic acids is 1. The SMILES string of the molecule is CNC(=O)NCC(C)(O)CC(=O)O. The number of hydrogen-bond acceptors (Lipinski definition) is 3. The second-order valence-electron chi connectivity index (χ2n) is 3.00. The summed E-state index contributed by atoms with van der Waals surface area (Å²) in [5.74, 6) is -1.11. The van der Waals surface area contributed by atoms with E-state index in [9.17, 15) is 14.7 Å². The largest absolute Gasteiger partial charge is 0.481 e. The third-order valence-corrected chi connectivity index (χ3v) is 1.39. The highest BCUT2D eigenvalue weighted by Crippen LogP contribution is 2.06. The fourth-order valence-corrected chi connectivity index (χ4v) is 0.747. The Kier molecular flexibility index (Phi) is 4.19. The molecule has 6 heteroatoms. The summed E-state index contributed by atoms with van der Waals surface area (Å²) in [5, 5.41) is 22.4. The third-order valence-electron chi connectivity index (χ3n) is 1.39. The van der Waals surface area contributed by atoms with E-state index < -0.39 is 24.0 Å². The number of carboxylic acids is 1.